The Bertz CT molecular complexity index is 175. The highest BCUT2D eigenvalue weighted by Crippen LogP contribution is 2.13. The van der Waals surface area contributed by atoms with Gasteiger partial charge in [-0.15, -0.1) is 0 Å². The first-order valence-corrected chi connectivity index (χ1v) is 7.45. The highest BCUT2D eigenvalue weighted by Gasteiger charge is 2.14. The molecular weight excluding hydrogens is 446 g/mol. The van der Waals surface area contributed by atoms with Gasteiger partial charge in [0.1, 0.15) is 0 Å². The van der Waals surface area contributed by atoms with E-state index in [1.165, 1.54) is 10.8 Å². The average molecular weight is 457 g/mol. The Morgan fingerprint density at radius 1 is 1.67 bits per heavy atom. The van der Waals surface area contributed by atoms with Gasteiger partial charge >= 0.3 is 0 Å². The molecule has 0 aromatic heterocycles. The Kier molecular flexibility index (Phi) is 5.74. The number of rotatable bonds is 4. The number of nitrogens with zero attached hydrogens (tertiary/aromatic N) is 2. The van der Waals surface area contributed by atoms with Crippen LogP contribution in [0.4, 0.5) is 0 Å². The molecule has 0 radical (unpaired) electrons. The molecule has 2 nitrogen and oxygen atoms in total. The van der Waals surface area contributed by atoms with E-state index in [4.69, 9.17) is 0 Å². The van der Waals surface area contributed by atoms with Crippen molar-refractivity contribution >= 4 is 65.9 Å². The standard InChI is InChI=1S/C7H11BrI2N2/c8-7-11-2-4-12(7)3-1-6(10)5-9/h6H,1-5H2. The summed E-state index contributed by atoms with van der Waals surface area (Å²) in [5, 5.41) is 0. The lowest BCUT2D eigenvalue weighted by Crippen LogP contribution is -2.26. The zero-order chi connectivity index (χ0) is 8.97. The van der Waals surface area contributed by atoms with Crippen LogP contribution in [0.25, 0.3) is 0 Å². The van der Waals surface area contributed by atoms with E-state index in [1.807, 2.05) is 0 Å². The summed E-state index contributed by atoms with van der Waals surface area (Å²) in [5.74, 6) is 0. The number of halogens is 3. The van der Waals surface area contributed by atoms with Crippen molar-refractivity contribution in [3.8, 4) is 0 Å². The second-order valence-corrected chi connectivity index (χ2v) is 6.03. The van der Waals surface area contributed by atoms with Gasteiger partial charge in [-0.25, -0.2) is 0 Å². The summed E-state index contributed by atoms with van der Waals surface area (Å²) in [4.78, 5) is 6.58. The lowest BCUT2D eigenvalue weighted by Gasteiger charge is -2.17. The zero-order valence-corrected chi connectivity index (χ0v) is 12.5. The number of hydrogen-bond acceptors (Lipinski definition) is 2. The minimum Gasteiger partial charge on any atom is -0.349 e. The molecule has 1 aliphatic rings. The summed E-state index contributed by atoms with van der Waals surface area (Å²) in [5.41, 5.74) is 0. The molecule has 1 atom stereocenters. The van der Waals surface area contributed by atoms with Crippen LogP contribution in [0, 0.1) is 0 Å². The van der Waals surface area contributed by atoms with E-state index < -0.39 is 0 Å². The maximum Gasteiger partial charge on any atom is 0.168 e. The third-order valence-electron chi connectivity index (χ3n) is 1.75. The van der Waals surface area contributed by atoms with Crippen LogP contribution in [-0.2, 0) is 0 Å². The largest absolute Gasteiger partial charge is 0.349 e. The SMILES string of the molecule is BrC1=NCCN1CCC(I)CI. The van der Waals surface area contributed by atoms with E-state index in [0.717, 1.165) is 28.3 Å². The molecule has 1 rings (SSSR count). The van der Waals surface area contributed by atoms with Crippen LogP contribution in [0.3, 0.4) is 0 Å². The molecule has 0 aliphatic carbocycles. The monoisotopic (exact) mass is 456 g/mol. The fraction of sp³-hybridized carbons (Fsp3) is 0.857. The van der Waals surface area contributed by atoms with Crippen molar-refractivity contribution in [3.63, 3.8) is 0 Å². The lowest BCUT2D eigenvalue weighted by atomic mass is 10.3. The Morgan fingerprint density at radius 2 is 2.42 bits per heavy atom. The predicted molar refractivity (Wildman–Crippen MR) is 74.1 cm³/mol. The second kappa shape index (κ2) is 6.00. The van der Waals surface area contributed by atoms with Crippen LogP contribution in [0.5, 0.6) is 0 Å². The quantitative estimate of drug-likeness (QED) is 0.361. The maximum absolute atomic E-state index is 4.28. The molecule has 0 aromatic carbocycles. The molecule has 12 heavy (non-hydrogen) atoms. The van der Waals surface area contributed by atoms with Gasteiger partial charge in [0.25, 0.3) is 0 Å². The van der Waals surface area contributed by atoms with Crippen LogP contribution >= 0.6 is 61.1 Å². The van der Waals surface area contributed by atoms with Crippen LogP contribution in [0.1, 0.15) is 6.42 Å². The first-order valence-electron chi connectivity index (χ1n) is 3.89. The molecule has 0 fully saturated rings. The summed E-state index contributed by atoms with van der Waals surface area (Å²) >= 11 is 8.40. The van der Waals surface area contributed by atoms with Gasteiger partial charge in [0.15, 0.2) is 4.74 Å². The van der Waals surface area contributed by atoms with E-state index in [9.17, 15) is 0 Å². The Labute approximate surface area is 109 Å². The van der Waals surface area contributed by atoms with Gasteiger partial charge < -0.3 is 4.90 Å². The average Bonchev–Trinajstić information content (AvgIpc) is 2.47. The first-order chi connectivity index (χ1) is 5.74. The minimum absolute atomic E-state index is 0.795. The van der Waals surface area contributed by atoms with Gasteiger partial charge in [0, 0.05) is 21.4 Å². The van der Waals surface area contributed by atoms with Gasteiger partial charge in [-0.3, -0.25) is 4.99 Å². The molecule has 1 unspecified atom stereocenters. The van der Waals surface area contributed by atoms with Gasteiger partial charge in [-0.05, 0) is 22.4 Å². The Morgan fingerprint density at radius 3 is 2.92 bits per heavy atom. The zero-order valence-electron chi connectivity index (χ0n) is 6.64. The first kappa shape index (κ1) is 11.5. The molecular formula is C7H11BrI2N2. The van der Waals surface area contributed by atoms with E-state index in [2.05, 4.69) is 71.0 Å². The Balaban J connectivity index is 2.19. The van der Waals surface area contributed by atoms with Gasteiger partial charge in [-0.1, -0.05) is 45.2 Å². The summed E-state index contributed by atoms with van der Waals surface area (Å²) < 4.78 is 3.07. The molecule has 0 saturated carbocycles. The number of amidine groups is 1. The van der Waals surface area contributed by atoms with Gasteiger partial charge in [0.05, 0.1) is 6.54 Å². The molecule has 70 valence electrons. The molecule has 0 spiro atoms. The van der Waals surface area contributed by atoms with E-state index >= 15 is 0 Å². The number of hydrogen-bond donors (Lipinski definition) is 0. The molecule has 0 N–H and O–H groups in total. The smallest absolute Gasteiger partial charge is 0.168 e. The molecule has 0 bridgehead atoms. The van der Waals surface area contributed by atoms with E-state index in [0.29, 0.717) is 0 Å². The lowest BCUT2D eigenvalue weighted by molar-refractivity contribution is 0.456. The minimum atomic E-state index is 0.795. The van der Waals surface area contributed by atoms with Crippen molar-refractivity contribution in [2.75, 3.05) is 24.1 Å². The summed E-state index contributed by atoms with van der Waals surface area (Å²) in [6, 6.07) is 0. The fourth-order valence-electron chi connectivity index (χ4n) is 1.03. The van der Waals surface area contributed by atoms with Crippen molar-refractivity contribution in [2.45, 2.75) is 10.3 Å². The van der Waals surface area contributed by atoms with Crippen molar-refractivity contribution in [3.05, 3.63) is 0 Å². The van der Waals surface area contributed by atoms with Crippen LogP contribution in [0.2, 0.25) is 0 Å². The third-order valence-corrected chi connectivity index (χ3v) is 6.32. The van der Waals surface area contributed by atoms with Crippen LogP contribution < -0.4 is 0 Å². The Hall–Kier alpha value is 1.41. The van der Waals surface area contributed by atoms with E-state index in [1.54, 1.807) is 0 Å². The predicted octanol–water partition coefficient (Wildman–Crippen LogP) is 2.68. The maximum atomic E-state index is 4.28. The van der Waals surface area contributed by atoms with Crippen LogP contribution in [-0.4, -0.2) is 37.6 Å². The van der Waals surface area contributed by atoms with Gasteiger partial charge in [0.2, 0.25) is 0 Å². The highest BCUT2D eigenvalue weighted by atomic mass is 127. The van der Waals surface area contributed by atoms with Crippen molar-refractivity contribution in [1.29, 1.82) is 0 Å². The highest BCUT2D eigenvalue weighted by molar-refractivity contribution is 14.1. The molecule has 0 aromatic rings. The molecule has 5 heteroatoms. The molecule has 1 aliphatic heterocycles. The van der Waals surface area contributed by atoms with E-state index in [-0.39, 0.29) is 0 Å². The molecule has 0 saturated heterocycles. The van der Waals surface area contributed by atoms with Crippen molar-refractivity contribution in [2.24, 2.45) is 4.99 Å². The summed E-state index contributed by atoms with van der Waals surface area (Å²) in [7, 11) is 0. The third kappa shape index (κ3) is 3.65. The number of alkyl halides is 2. The van der Waals surface area contributed by atoms with Crippen molar-refractivity contribution < 1.29 is 0 Å². The molecule has 0 amide bonds. The number of aliphatic imine (C=N–C) groups is 1. The fourth-order valence-corrected chi connectivity index (χ4v) is 2.28. The van der Waals surface area contributed by atoms with Crippen LogP contribution in [0.15, 0.2) is 4.99 Å². The van der Waals surface area contributed by atoms with Crippen molar-refractivity contribution in [1.82, 2.24) is 4.90 Å². The summed E-state index contributed by atoms with van der Waals surface area (Å²) in [6.07, 6.45) is 1.26. The second-order valence-electron chi connectivity index (χ2n) is 2.68. The topological polar surface area (TPSA) is 15.6 Å². The normalized spacial score (nSPS) is 19.6. The van der Waals surface area contributed by atoms with Gasteiger partial charge in [-0.2, -0.15) is 0 Å². The molecule has 1 heterocycles. The summed E-state index contributed by atoms with van der Waals surface area (Å²) in [6.45, 7) is 3.18.